The van der Waals surface area contributed by atoms with Gasteiger partial charge >= 0.3 is 0 Å². The molecule has 104 valence electrons. The number of halogens is 1. The summed E-state index contributed by atoms with van der Waals surface area (Å²) in [5.41, 5.74) is 2.52. The molecule has 0 spiro atoms. The lowest BCUT2D eigenvalue weighted by molar-refractivity contribution is 0.170. The Balaban J connectivity index is 1.86. The lowest BCUT2D eigenvalue weighted by Crippen LogP contribution is -2.28. The molecule has 0 saturated carbocycles. The molecule has 1 fully saturated rings. The molecular formula is C15H20BrNO2. The smallest absolute Gasteiger partial charge is 0.165 e. The highest BCUT2D eigenvalue weighted by Gasteiger charge is 2.21. The van der Waals surface area contributed by atoms with E-state index in [1.807, 2.05) is 0 Å². The molecule has 0 aliphatic carbocycles. The van der Waals surface area contributed by atoms with Gasteiger partial charge in [-0.05, 0) is 56.8 Å². The monoisotopic (exact) mass is 325 g/mol. The zero-order valence-electron chi connectivity index (χ0n) is 11.3. The van der Waals surface area contributed by atoms with Crippen LogP contribution in [0.5, 0.6) is 11.5 Å². The summed E-state index contributed by atoms with van der Waals surface area (Å²) in [5, 5.41) is 3.42. The molecule has 0 bridgehead atoms. The molecule has 1 saturated heterocycles. The Bertz CT molecular complexity index is 470. The predicted octanol–water partition coefficient (Wildman–Crippen LogP) is 3.07. The van der Waals surface area contributed by atoms with Crippen LogP contribution in [0, 0.1) is 12.8 Å². The highest BCUT2D eigenvalue weighted by atomic mass is 79.9. The average Bonchev–Trinajstić information content (AvgIpc) is 2.46. The van der Waals surface area contributed by atoms with Crippen molar-refractivity contribution in [3.8, 4) is 11.5 Å². The molecule has 0 radical (unpaired) electrons. The van der Waals surface area contributed by atoms with Crippen LogP contribution in [0.15, 0.2) is 10.5 Å². The van der Waals surface area contributed by atoms with E-state index < -0.39 is 0 Å². The van der Waals surface area contributed by atoms with Crippen molar-refractivity contribution in [3.05, 3.63) is 21.7 Å². The fourth-order valence-corrected chi connectivity index (χ4v) is 3.40. The van der Waals surface area contributed by atoms with Crippen molar-refractivity contribution in [2.24, 2.45) is 5.92 Å². The molecule has 0 unspecified atom stereocenters. The Labute approximate surface area is 122 Å². The number of fused-ring (bicyclic) bond motifs is 1. The average molecular weight is 326 g/mol. The lowest BCUT2D eigenvalue weighted by atomic mass is 9.90. The van der Waals surface area contributed by atoms with E-state index >= 15 is 0 Å². The van der Waals surface area contributed by atoms with Crippen LogP contribution in [0.2, 0.25) is 0 Å². The molecule has 2 aliphatic rings. The lowest BCUT2D eigenvalue weighted by Gasteiger charge is -2.26. The van der Waals surface area contributed by atoms with Gasteiger partial charge in [0.05, 0.1) is 0 Å². The van der Waals surface area contributed by atoms with Crippen molar-refractivity contribution < 1.29 is 9.47 Å². The third-order valence-electron chi connectivity index (χ3n) is 4.04. The molecule has 19 heavy (non-hydrogen) atoms. The third-order valence-corrected chi connectivity index (χ3v) is 5.14. The van der Waals surface area contributed by atoms with Crippen LogP contribution in [0.1, 0.15) is 24.0 Å². The predicted molar refractivity (Wildman–Crippen MR) is 79.2 cm³/mol. The summed E-state index contributed by atoms with van der Waals surface area (Å²) in [5.74, 6) is 2.60. The first-order chi connectivity index (χ1) is 9.25. The summed E-state index contributed by atoms with van der Waals surface area (Å²) in [6.45, 7) is 5.69. The third kappa shape index (κ3) is 2.75. The molecule has 1 aromatic carbocycles. The summed E-state index contributed by atoms with van der Waals surface area (Å²) >= 11 is 3.73. The minimum absolute atomic E-state index is 0.647. The second-order valence-electron chi connectivity index (χ2n) is 5.40. The summed E-state index contributed by atoms with van der Waals surface area (Å²) in [7, 11) is 0. The van der Waals surface area contributed by atoms with Crippen LogP contribution < -0.4 is 14.8 Å². The maximum atomic E-state index is 5.73. The van der Waals surface area contributed by atoms with E-state index in [0.717, 1.165) is 36.9 Å². The summed E-state index contributed by atoms with van der Waals surface area (Å²) in [6.07, 6.45) is 3.65. The van der Waals surface area contributed by atoms with Gasteiger partial charge in [-0.1, -0.05) is 15.9 Å². The van der Waals surface area contributed by atoms with Crippen LogP contribution in [-0.2, 0) is 6.42 Å². The van der Waals surface area contributed by atoms with E-state index in [-0.39, 0.29) is 0 Å². The van der Waals surface area contributed by atoms with Crippen LogP contribution in [0.3, 0.4) is 0 Å². The first kappa shape index (κ1) is 13.3. The van der Waals surface area contributed by atoms with Crippen LogP contribution in [0.4, 0.5) is 0 Å². The highest BCUT2D eigenvalue weighted by Crippen LogP contribution is 2.41. The van der Waals surface area contributed by atoms with E-state index in [2.05, 4.69) is 34.2 Å². The van der Waals surface area contributed by atoms with Crippen molar-refractivity contribution in [2.75, 3.05) is 26.3 Å². The molecule has 3 nitrogen and oxygen atoms in total. The van der Waals surface area contributed by atoms with Gasteiger partial charge in [0.15, 0.2) is 11.5 Å². The van der Waals surface area contributed by atoms with Crippen LogP contribution in [0.25, 0.3) is 0 Å². The maximum absolute atomic E-state index is 5.73. The van der Waals surface area contributed by atoms with Gasteiger partial charge in [0, 0.05) is 10.0 Å². The number of nitrogens with one attached hydrogen (secondary N) is 1. The molecule has 2 heterocycles. The van der Waals surface area contributed by atoms with E-state index in [9.17, 15) is 0 Å². The first-order valence-electron chi connectivity index (χ1n) is 7.04. The number of benzene rings is 1. The Hall–Kier alpha value is -0.740. The molecule has 3 rings (SSSR count). The molecule has 4 heteroatoms. The number of hydrogen-bond donors (Lipinski definition) is 1. The Morgan fingerprint density at radius 1 is 1.26 bits per heavy atom. The summed E-state index contributed by atoms with van der Waals surface area (Å²) in [6, 6.07) is 2.16. The maximum Gasteiger partial charge on any atom is 0.165 e. The van der Waals surface area contributed by atoms with E-state index in [1.54, 1.807) is 0 Å². The van der Waals surface area contributed by atoms with Crippen molar-refractivity contribution >= 4 is 15.9 Å². The van der Waals surface area contributed by atoms with Crippen LogP contribution in [-0.4, -0.2) is 26.3 Å². The van der Waals surface area contributed by atoms with Crippen LogP contribution >= 0.6 is 15.9 Å². The van der Waals surface area contributed by atoms with E-state index in [0.29, 0.717) is 13.2 Å². The molecule has 2 aliphatic heterocycles. The highest BCUT2D eigenvalue weighted by molar-refractivity contribution is 9.10. The van der Waals surface area contributed by atoms with Gasteiger partial charge in [0.1, 0.15) is 13.2 Å². The number of rotatable bonds is 2. The van der Waals surface area contributed by atoms with Crippen molar-refractivity contribution in [2.45, 2.75) is 26.2 Å². The van der Waals surface area contributed by atoms with Gasteiger partial charge in [-0.2, -0.15) is 0 Å². The number of hydrogen-bond acceptors (Lipinski definition) is 3. The van der Waals surface area contributed by atoms with Crippen molar-refractivity contribution in [1.29, 1.82) is 0 Å². The second kappa shape index (κ2) is 5.71. The zero-order valence-corrected chi connectivity index (χ0v) is 12.9. The molecule has 0 aromatic heterocycles. The fraction of sp³-hybridized carbons (Fsp3) is 0.600. The quantitative estimate of drug-likeness (QED) is 0.906. The molecule has 1 N–H and O–H groups in total. The first-order valence-corrected chi connectivity index (χ1v) is 7.83. The molecular weight excluding hydrogens is 306 g/mol. The minimum atomic E-state index is 0.647. The second-order valence-corrected chi connectivity index (χ2v) is 6.19. The van der Waals surface area contributed by atoms with Gasteiger partial charge in [-0.25, -0.2) is 0 Å². The van der Waals surface area contributed by atoms with Gasteiger partial charge in [0.25, 0.3) is 0 Å². The number of ether oxygens (including phenoxy) is 2. The Morgan fingerprint density at radius 2 is 2.00 bits per heavy atom. The van der Waals surface area contributed by atoms with E-state index in [1.165, 1.54) is 28.4 Å². The van der Waals surface area contributed by atoms with Gasteiger partial charge in [-0.15, -0.1) is 0 Å². The van der Waals surface area contributed by atoms with Crippen molar-refractivity contribution in [3.63, 3.8) is 0 Å². The SMILES string of the molecule is Cc1c(Br)c(CC2CCNCC2)cc2c1OCCO2. The Morgan fingerprint density at radius 3 is 2.79 bits per heavy atom. The van der Waals surface area contributed by atoms with Crippen molar-refractivity contribution in [1.82, 2.24) is 5.32 Å². The molecule has 1 aromatic rings. The molecule has 0 amide bonds. The zero-order chi connectivity index (χ0) is 13.2. The largest absolute Gasteiger partial charge is 0.486 e. The molecule has 0 atom stereocenters. The number of piperidine rings is 1. The topological polar surface area (TPSA) is 30.5 Å². The van der Waals surface area contributed by atoms with Gasteiger partial charge in [0.2, 0.25) is 0 Å². The summed E-state index contributed by atoms with van der Waals surface area (Å²) < 4.78 is 12.6. The van der Waals surface area contributed by atoms with Gasteiger partial charge in [-0.3, -0.25) is 0 Å². The normalized spacial score (nSPS) is 19.5. The standard InChI is InChI=1S/C15H20BrNO2/c1-10-14(16)12(8-11-2-4-17-5-3-11)9-13-15(10)19-7-6-18-13/h9,11,17H,2-8H2,1H3. The minimum Gasteiger partial charge on any atom is -0.486 e. The Kier molecular flexibility index (Phi) is 3.99. The van der Waals surface area contributed by atoms with E-state index in [4.69, 9.17) is 9.47 Å². The van der Waals surface area contributed by atoms with Gasteiger partial charge < -0.3 is 14.8 Å². The summed E-state index contributed by atoms with van der Waals surface area (Å²) in [4.78, 5) is 0. The fourth-order valence-electron chi connectivity index (χ4n) is 2.94.